The van der Waals surface area contributed by atoms with E-state index in [1.807, 2.05) is 13.8 Å². The van der Waals surface area contributed by atoms with E-state index in [1.165, 1.54) is 24.5 Å². The van der Waals surface area contributed by atoms with Gasteiger partial charge in [-0.25, -0.2) is 19.0 Å². The number of nitrogens with one attached hydrogen (secondary N) is 1. The Morgan fingerprint density at radius 3 is 2.80 bits per heavy atom. The summed E-state index contributed by atoms with van der Waals surface area (Å²) in [6.45, 7) is 6.16. The number of amides is 1. The average molecular weight is 433 g/mol. The molecule has 0 bridgehead atoms. The van der Waals surface area contributed by atoms with E-state index in [0.717, 1.165) is 24.3 Å². The predicted molar refractivity (Wildman–Crippen MR) is 111 cm³/mol. The molecule has 0 radical (unpaired) electrons. The van der Waals surface area contributed by atoms with E-state index in [2.05, 4.69) is 25.3 Å². The number of benzene rings is 1. The van der Waals surface area contributed by atoms with E-state index >= 15 is 0 Å². The van der Waals surface area contributed by atoms with Crippen LogP contribution in [-0.4, -0.2) is 57.5 Å². The summed E-state index contributed by atoms with van der Waals surface area (Å²) in [6, 6.07) is 4.14. The minimum Gasteiger partial charge on any atom is -0.372 e. The molecule has 0 aliphatic carbocycles. The van der Waals surface area contributed by atoms with Crippen LogP contribution in [0.5, 0.6) is 0 Å². The Kier molecular flexibility index (Phi) is 5.83. The van der Waals surface area contributed by atoms with Crippen molar-refractivity contribution in [1.29, 1.82) is 0 Å². The van der Waals surface area contributed by atoms with Crippen LogP contribution >= 0.6 is 11.6 Å². The van der Waals surface area contributed by atoms with Crippen LogP contribution in [0.25, 0.3) is 11.0 Å². The van der Waals surface area contributed by atoms with Crippen molar-refractivity contribution >= 4 is 34.4 Å². The number of rotatable bonds is 5. The second-order valence-electron chi connectivity index (χ2n) is 7.32. The molecule has 1 saturated heterocycles. The van der Waals surface area contributed by atoms with Gasteiger partial charge in [0.05, 0.1) is 40.9 Å². The third-order valence-corrected chi connectivity index (χ3v) is 5.25. The molecule has 1 fully saturated rings. The minimum absolute atomic E-state index is 0.0726. The van der Waals surface area contributed by atoms with E-state index in [1.54, 1.807) is 10.9 Å². The Morgan fingerprint density at radius 1 is 1.30 bits per heavy atom. The van der Waals surface area contributed by atoms with Gasteiger partial charge in [0.2, 0.25) is 0 Å². The summed E-state index contributed by atoms with van der Waals surface area (Å²) in [7, 11) is 0. The van der Waals surface area contributed by atoms with Crippen LogP contribution in [0.3, 0.4) is 0 Å². The molecule has 2 atom stereocenters. The molecule has 10 heteroatoms. The molecular formula is C20H22ClFN6O2. The fraction of sp³-hybridized carbons (Fsp3) is 0.400. The SMILES string of the molecule is C[C@@H]1CN(c2ncnc3c2cnn3CCNC(=O)c2c(F)cccc2Cl)C[C@@H](C)O1. The summed E-state index contributed by atoms with van der Waals surface area (Å²) in [6.07, 6.45) is 3.45. The summed E-state index contributed by atoms with van der Waals surface area (Å²) in [5.74, 6) is -0.410. The summed E-state index contributed by atoms with van der Waals surface area (Å²) in [5, 5.41) is 7.99. The number of nitrogens with zero attached hydrogens (tertiary/aromatic N) is 5. The maximum Gasteiger partial charge on any atom is 0.255 e. The molecule has 30 heavy (non-hydrogen) atoms. The molecule has 8 nitrogen and oxygen atoms in total. The third kappa shape index (κ3) is 4.08. The second kappa shape index (κ2) is 8.53. The fourth-order valence-electron chi connectivity index (χ4n) is 3.73. The molecule has 0 saturated carbocycles. The van der Waals surface area contributed by atoms with Gasteiger partial charge in [0.25, 0.3) is 5.91 Å². The van der Waals surface area contributed by atoms with Crippen molar-refractivity contribution in [2.75, 3.05) is 24.5 Å². The van der Waals surface area contributed by atoms with Crippen LogP contribution < -0.4 is 10.2 Å². The first-order valence-electron chi connectivity index (χ1n) is 9.73. The number of halogens is 2. The Bertz CT molecular complexity index is 1040. The normalized spacial score (nSPS) is 19.3. The predicted octanol–water partition coefficient (Wildman–Crippen LogP) is 2.66. The van der Waals surface area contributed by atoms with Crippen LogP contribution in [0.2, 0.25) is 5.02 Å². The maximum atomic E-state index is 13.9. The lowest BCUT2D eigenvalue weighted by Crippen LogP contribution is -2.45. The molecule has 2 aromatic heterocycles. The number of hydrogen-bond acceptors (Lipinski definition) is 6. The van der Waals surface area contributed by atoms with E-state index in [-0.39, 0.29) is 29.3 Å². The van der Waals surface area contributed by atoms with Crippen molar-refractivity contribution in [2.24, 2.45) is 0 Å². The van der Waals surface area contributed by atoms with Crippen molar-refractivity contribution in [3.05, 3.63) is 47.1 Å². The Balaban J connectivity index is 1.48. The first-order chi connectivity index (χ1) is 14.4. The van der Waals surface area contributed by atoms with Crippen molar-refractivity contribution < 1.29 is 13.9 Å². The molecule has 1 aliphatic heterocycles. The Hall–Kier alpha value is -2.78. The fourth-order valence-corrected chi connectivity index (χ4v) is 3.97. The number of anilines is 1. The summed E-state index contributed by atoms with van der Waals surface area (Å²) in [5.41, 5.74) is 0.509. The van der Waals surface area contributed by atoms with Crippen LogP contribution in [-0.2, 0) is 11.3 Å². The van der Waals surface area contributed by atoms with Gasteiger partial charge < -0.3 is 15.0 Å². The highest BCUT2D eigenvalue weighted by Crippen LogP contribution is 2.25. The van der Waals surface area contributed by atoms with Gasteiger partial charge in [0, 0.05) is 19.6 Å². The molecule has 3 aromatic rings. The smallest absolute Gasteiger partial charge is 0.255 e. The molecule has 1 N–H and O–H groups in total. The number of fused-ring (bicyclic) bond motifs is 1. The van der Waals surface area contributed by atoms with Gasteiger partial charge in [-0.1, -0.05) is 17.7 Å². The third-order valence-electron chi connectivity index (χ3n) is 4.93. The number of ether oxygens (including phenoxy) is 1. The van der Waals surface area contributed by atoms with Gasteiger partial charge in [-0.15, -0.1) is 0 Å². The molecule has 1 aromatic carbocycles. The zero-order chi connectivity index (χ0) is 21.3. The Morgan fingerprint density at radius 2 is 2.07 bits per heavy atom. The Labute approximate surface area is 178 Å². The van der Waals surface area contributed by atoms with Gasteiger partial charge in [0.1, 0.15) is 18.0 Å². The van der Waals surface area contributed by atoms with E-state index in [0.29, 0.717) is 12.2 Å². The molecular weight excluding hydrogens is 411 g/mol. The zero-order valence-corrected chi connectivity index (χ0v) is 17.4. The molecule has 0 unspecified atom stereocenters. The average Bonchev–Trinajstić information content (AvgIpc) is 3.10. The minimum atomic E-state index is -0.657. The summed E-state index contributed by atoms with van der Waals surface area (Å²) < 4.78 is 21.4. The van der Waals surface area contributed by atoms with Gasteiger partial charge >= 0.3 is 0 Å². The highest BCUT2D eigenvalue weighted by atomic mass is 35.5. The number of morpholine rings is 1. The lowest BCUT2D eigenvalue weighted by atomic mass is 10.2. The first-order valence-corrected chi connectivity index (χ1v) is 10.1. The lowest BCUT2D eigenvalue weighted by Gasteiger charge is -2.36. The molecule has 158 valence electrons. The molecule has 1 amide bonds. The van der Waals surface area contributed by atoms with Crippen LogP contribution in [0.1, 0.15) is 24.2 Å². The zero-order valence-electron chi connectivity index (χ0n) is 16.7. The van der Waals surface area contributed by atoms with E-state index < -0.39 is 11.7 Å². The summed E-state index contributed by atoms with van der Waals surface area (Å²) >= 11 is 5.94. The molecule has 1 aliphatic rings. The van der Waals surface area contributed by atoms with Crippen LogP contribution in [0, 0.1) is 5.82 Å². The standard InChI is InChI=1S/C20H22ClFN6O2/c1-12-9-27(10-13(2)30-12)18-14-8-26-28(19(14)25-11-24-18)7-6-23-20(29)17-15(21)4-3-5-16(17)22/h3-5,8,11-13H,6-7,9-10H2,1-2H3,(H,23,29)/t12-,13-/m1/s1. The van der Waals surface area contributed by atoms with Crippen molar-refractivity contribution in [2.45, 2.75) is 32.6 Å². The number of hydrogen-bond donors (Lipinski definition) is 1. The van der Waals surface area contributed by atoms with Gasteiger partial charge in [-0.05, 0) is 26.0 Å². The largest absolute Gasteiger partial charge is 0.372 e. The molecule has 4 rings (SSSR count). The number of carbonyl (C=O) groups excluding carboxylic acids is 1. The van der Waals surface area contributed by atoms with Gasteiger partial charge in [-0.3, -0.25) is 4.79 Å². The number of aromatic nitrogens is 4. The van der Waals surface area contributed by atoms with Crippen molar-refractivity contribution in [3.63, 3.8) is 0 Å². The quantitative estimate of drug-likeness (QED) is 0.667. The second-order valence-corrected chi connectivity index (χ2v) is 7.72. The maximum absolute atomic E-state index is 13.9. The monoisotopic (exact) mass is 432 g/mol. The van der Waals surface area contributed by atoms with Crippen LogP contribution in [0.4, 0.5) is 10.2 Å². The first kappa shape index (κ1) is 20.5. The van der Waals surface area contributed by atoms with Gasteiger partial charge in [-0.2, -0.15) is 5.10 Å². The van der Waals surface area contributed by atoms with E-state index in [9.17, 15) is 9.18 Å². The van der Waals surface area contributed by atoms with Crippen molar-refractivity contribution in [3.8, 4) is 0 Å². The van der Waals surface area contributed by atoms with E-state index in [4.69, 9.17) is 16.3 Å². The molecule has 0 spiro atoms. The lowest BCUT2D eigenvalue weighted by molar-refractivity contribution is -0.00537. The summed E-state index contributed by atoms with van der Waals surface area (Å²) in [4.78, 5) is 23.3. The van der Waals surface area contributed by atoms with Crippen LogP contribution in [0.15, 0.2) is 30.7 Å². The van der Waals surface area contributed by atoms with Crippen molar-refractivity contribution in [1.82, 2.24) is 25.1 Å². The number of carbonyl (C=O) groups is 1. The highest BCUT2D eigenvalue weighted by molar-refractivity contribution is 6.33. The van der Waals surface area contributed by atoms with Gasteiger partial charge in [0.15, 0.2) is 5.65 Å². The highest BCUT2D eigenvalue weighted by Gasteiger charge is 2.25. The topological polar surface area (TPSA) is 85.2 Å². The molecule has 3 heterocycles.